The maximum atomic E-state index is 13.4. The average molecular weight is 502 g/mol. The van der Waals surface area contributed by atoms with Gasteiger partial charge in [0.05, 0.1) is 35.0 Å². The Morgan fingerprint density at radius 2 is 1.69 bits per heavy atom. The van der Waals surface area contributed by atoms with Crippen molar-refractivity contribution in [1.82, 2.24) is 14.9 Å². The average Bonchev–Trinajstić information content (AvgIpc) is 2.90. The number of amides is 1. The molecule has 1 N–H and O–H groups in total. The molecule has 0 spiro atoms. The monoisotopic (exact) mass is 501 g/mol. The van der Waals surface area contributed by atoms with E-state index in [1.54, 1.807) is 41.0 Å². The molecule has 8 heteroatoms. The zero-order valence-electron chi connectivity index (χ0n) is 20.4. The molecule has 0 fully saturated rings. The van der Waals surface area contributed by atoms with E-state index >= 15 is 0 Å². The van der Waals surface area contributed by atoms with Gasteiger partial charge in [0.2, 0.25) is 5.91 Å². The van der Waals surface area contributed by atoms with Gasteiger partial charge in [-0.25, -0.2) is 9.78 Å². The molecule has 0 radical (unpaired) electrons. The number of carbonyl (C=O) groups excluding carboxylic acids is 2. The van der Waals surface area contributed by atoms with E-state index in [2.05, 4.69) is 19.2 Å². The number of nitrogens with one attached hydrogen (secondary N) is 1. The quantitative estimate of drug-likeness (QED) is 0.214. The second kappa shape index (κ2) is 11.2. The van der Waals surface area contributed by atoms with Crippen LogP contribution in [0.3, 0.4) is 0 Å². The summed E-state index contributed by atoms with van der Waals surface area (Å²) in [5.74, 6) is -0.134. The van der Waals surface area contributed by atoms with Gasteiger partial charge in [0.15, 0.2) is 5.16 Å². The molecule has 3 aromatic carbocycles. The lowest BCUT2D eigenvalue weighted by atomic mass is 10.0. The van der Waals surface area contributed by atoms with Gasteiger partial charge in [-0.2, -0.15) is 0 Å². The zero-order valence-corrected chi connectivity index (χ0v) is 21.2. The largest absolute Gasteiger partial charge is 0.465 e. The molecule has 0 aliphatic rings. The minimum Gasteiger partial charge on any atom is -0.465 e. The van der Waals surface area contributed by atoms with Gasteiger partial charge in [0.25, 0.3) is 5.56 Å². The van der Waals surface area contributed by atoms with Crippen LogP contribution in [0, 0.1) is 0 Å². The minimum atomic E-state index is -0.408. The number of fused-ring (bicyclic) bond motifs is 1. The van der Waals surface area contributed by atoms with E-state index < -0.39 is 5.97 Å². The van der Waals surface area contributed by atoms with Crippen molar-refractivity contribution in [3.05, 3.63) is 99.8 Å². The van der Waals surface area contributed by atoms with E-state index in [9.17, 15) is 14.4 Å². The van der Waals surface area contributed by atoms with E-state index in [1.807, 2.05) is 36.4 Å². The second-order valence-corrected chi connectivity index (χ2v) is 9.49. The second-order valence-electron chi connectivity index (χ2n) is 8.55. The number of methoxy groups -OCH3 is 1. The van der Waals surface area contributed by atoms with Crippen molar-refractivity contribution in [3.63, 3.8) is 0 Å². The van der Waals surface area contributed by atoms with Gasteiger partial charge in [-0.05, 0) is 53.4 Å². The Kier molecular flexibility index (Phi) is 7.85. The Hall–Kier alpha value is -3.91. The summed E-state index contributed by atoms with van der Waals surface area (Å²) in [7, 11) is 1.33. The summed E-state index contributed by atoms with van der Waals surface area (Å²) in [5.41, 5.74) is 3.60. The molecule has 0 saturated carbocycles. The third-order valence-electron chi connectivity index (χ3n) is 5.76. The molecule has 4 aromatic rings. The summed E-state index contributed by atoms with van der Waals surface area (Å²) in [6.45, 7) is 4.55. The normalized spacial score (nSPS) is 11.0. The molecule has 0 saturated heterocycles. The number of nitrogens with zero attached hydrogens (tertiary/aromatic N) is 2. The molecule has 7 nitrogen and oxygen atoms in total. The zero-order chi connectivity index (χ0) is 25.7. The first-order valence-corrected chi connectivity index (χ1v) is 12.5. The van der Waals surface area contributed by atoms with Crippen LogP contribution < -0.4 is 10.9 Å². The third kappa shape index (κ3) is 5.66. The fraction of sp³-hybridized carbons (Fsp3) is 0.214. The van der Waals surface area contributed by atoms with Gasteiger partial charge in [-0.1, -0.05) is 62.0 Å². The molecule has 36 heavy (non-hydrogen) atoms. The highest BCUT2D eigenvalue weighted by atomic mass is 32.2. The van der Waals surface area contributed by atoms with Crippen LogP contribution in [0.25, 0.3) is 16.6 Å². The lowest BCUT2D eigenvalue weighted by Gasteiger charge is -2.14. The number of carbonyl (C=O) groups is 2. The Bertz CT molecular complexity index is 1440. The topological polar surface area (TPSA) is 90.3 Å². The van der Waals surface area contributed by atoms with Gasteiger partial charge >= 0.3 is 5.97 Å². The lowest BCUT2D eigenvalue weighted by Crippen LogP contribution is -2.26. The fourth-order valence-corrected chi connectivity index (χ4v) is 4.55. The van der Waals surface area contributed by atoms with Gasteiger partial charge in [-0.3, -0.25) is 14.2 Å². The number of hydrogen-bond donors (Lipinski definition) is 1. The van der Waals surface area contributed by atoms with E-state index in [1.165, 1.54) is 24.4 Å². The maximum Gasteiger partial charge on any atom is 0.337 e. The highest BCUT2D eigenvalue weighted by molar-refractivity contribution is 7.99. The van der Waals surface area contributed by atoms with Crippen molar-refractivity contribution in [3.8, 4) is 5.69 Å². The van der Waals surface area contributed by atoms with Crippen molar-refractivity contribution in [2.45, 2.75) is 31.5 Å². The van der Waals surface area contributed by atoms with Crippen LogP contribution in [0.4, 0.5) is 0 Å². The van der Waals surface area contributed by atoms with Crippen molar-refractivity contribution in [1.29, 1.82) is 0 Å². The smallest absolute Gasteiger partial charge is 0.337 e. The number of rotatable bonds is 8. The summed E-state index contributed by atoms with van der Waals surface area (Å²) in [5, 5.41) is 3.85. The maximum absolute atomic E-state index is 13.4. The number of thioether (sulfide) groups is 1. The van der Waals surface area contributed by atoms with Crippen molar-refractivity contribution < 1.29 is 14.3 Å². The van der Waals surface area contributed by atoms with Crippen LogP contribution in [-0.2, 0) is 16.1 Å². The summed E-state index contributed by atoms with van der Waals surface area (Å²) in [6, 6.07) is 21.9. The summed E-state index contributed by atoms with van der Waals surface area (Å²) in [4.78, 5) is 42.3. The van der Waals surface area contributed by atoms with Gasteiger partial charge < -0.3 is 10.1 Å². The number of hydrogen-bond acceptors (Lipinski definition) is 6. The number of esters is 1. The molecule has 1 amide bonds. The van der Waals surface area contributed by atoms with Crippen LogP contribution in [0.5, 0.6) is 0 Å². The van der Waals surface area contributed by atoms with Gasteiger partial charge in [0.1, 0.15) is 0 Å². The van der Waals surface area contributed by atoms with Crippen LogP contribution in [0.15, 0.2) is 82.7 Å². The van der Waals surface area contributed by atoms with Crippen LogP contribution in [0.2, 0.25) is 0 Å². The summed E-state index contributed by atoms with van der Waals surface area (Å²) >= 11 is 1.21. The molecule has 184 valence electrons. The SMILES string of the molecule is COC(=O)c1ccc(CNC(=O)CSc2nc3ccccc3c(=O)n2-c2ccc(C(C)C)cc2)cc1. The van der Waals surface area contributed by atoms with Crippen LogP contribution in [0.1, 0.15) is 41.3 Å². The van der Waals surface area contributed by atoms with Gasteiger partial charge in [0, 0.05) is 6.54 Å². The number of para-hydroxylation sites is 1. The van der Waals surface area contributed by atoms with Crippen LogP contribution >= 0.6 is 11.8 Å². The van der Waals surface area contributed by atoms with Crippen molar-refractivity contribution in [2.75, 3.05) is 12.9 Å². The summed E-state index contributed by atoms with van der Waals surface area (Å²) < 4.78 is 6.27. The Morgan fingerprint density at radius 1 is 1.00 bits per heavy atom. The minimum absolute atomic E-state index is 0.0924. The molecule has 0 unspecified atom stereocenters. The van der Waals surface area contributed by atoms with Crippen LogP contribution in [-0.4, -0.2) is 34.3 Å². The fourth-order valence-electron chi connectivity index (χ4n) is 3.70. The Morgan fingerprint density at radius 3 is 2.36 bits per heavy atom. The molecule has 0 atom stereocenters. The molecular weight excluding hydrogens is 474 g/mol. The highest BCUT2D eigenvalue weighted by Crippen LogP contribution is 2.23. The first-order valence-electron chi connectivity index (χ1n) is 11.6. The molecular formula is C28H27N3O4S. The van der Waals surface area contributed by atoms with E-state index in [0.717, 1.165) is 5.56 Å². The Labute approximate surface area is 213 Å². The predicted octanol–water partition coefficient (Wildman–Crippen LogP) is 4.70. The molecule has 0 aliphatic carbocycles. The standard InChI is InChI=1S/C28H27N3O4S/c1-18(2)20-12-14-22(15-13-20)31-26(33)23-6-4-5-7-24(23)30-28(31)36-17-25(32)29-16-19-8-10-21(11-9-19)27(34)35-3/h4-15,18H,16-17H2,1-3H3,(H,29,32). The Balaban J connectivity index is 1.52. The van der Waals surface area contributed by atoms with Crippen molar-refractivity contribution in [2.24, 2.45) is 0 Å². The van der Waals surface area contributed by atoms with Crippen molar-refractivity contribution >= 4 is 34.5 Å². The van der Waals surface area contributed by atoms with E-state index in [-0.39, 0.29) is 17.2 Å². The number of aromatic nitrogens is 2. The molecule has 0 bridgehead atoms. The molecule has 1 aromatic heterocycles. The number of ether oxygens (including phenoxy) is 1. The van der Waals surface area contributed by atoms with E-state index in [4.69, 9.17) is 9.72 Å². The first kappa shape index (κ1) is 25.2. The van der Waals surface area contributed by atoms with Gasteiger partial charge in [-0.15, -0.1) is 0 Å². The molecule has 1 heterocycles. The predicted molar refractivity (Wildman–Crippen MR) is 142 cm³/mol. The molecule has 0 aliphatic heterocycles. The molecule has 4 rings (SSSR count). The summed E-state index contributed by atoms with van der Waals surface area (Å²) in [6.07, 6.45) is 0. The first-order chi connectivity index (χ1) is 17.4. The number of benzene rings is 3. The lowest BCUT2D eigenvalue weighted by molar-refractivity contribution is -0.118. The third-order valence-corrected chi connectivity index (χ3v) is 6.70. The highest BCUT2D eigenvalue weighted by Gasteiger charge is 2.15. The van der Waals surface area contributed by atoms with E-state index in [0.29, 0.717) is 39.8 Å².